The predicted molar refractivity (Wildman–Crippen MR) is 93.9 cm³/mol. The Kier molecular flexibility index (Phi) is 3.41. The summed E-state index contributed by atoms with van der Waals surface area (Å²) in [5, 5.41) is 13.5. The third-order valence-corrected chi connectivity index (χ3v) is 4.56. The Morgan fingerprint density at radius 1 is 0.826 bits per heavy atom. The molecule has 1 fully saturated rings. The molecule has 0 heterocycles. The van der Waals surface area contributed by atoms with Crippen molar-refractivity contribution in [1.82, 2.24) is 0 Å². The van der Waals surface area contributed by atoms with Crippen LogP contribution in [0.5, 0.6) is 0 Å². The monoisotopic (exact) mass is 298 g/mol. The second kappa shape index (κ2) is 5.57. The van der Waals surface area contributed by atoms with Crippen molar-refractivity contribution in [2.24, 2.45) is 5.92 Å². The number of hydrogen-bond acceptors (Lipinski definition) is 1. The number of fused-ring (bicyclic) bond motifs is 1. The highest BCUT2D eigenvalue weighted by molar-refractivity contribution is 5.88. The van der Waals surface area contributed by atoms with Gasteiger partial charge in [0, 0.05) is 11.5 Å². The van der Waals surface area contributed by atoms with E-state index < -0.39 is 5.60 Å². The van der Waals surface area contributed by atoms with Crippen molar-refractivity contribution in [3.63, 3.8) is 0 Å². The predicted octanol–water partition coefficient (Wildman–Crippen LogP) is 4.49. The summed E-state index contributed by atoms with van der Waals surface area (Å²) in [7, 11) is 0. The van der Waals surface area contributed by atoms with Crippen molar-refractivity contribution in [2.75, 3.05) is 0 Å². The molecule has 0 spiro atoms. The molecule has 1 nitrogen and oxygen atoms in total. The first-order chi connectivity index (χ1) is 11.3. The molecule has 23 heavy (non-hydrogen) atoms. The summed E-state index contributed by atoms with van der Waals surface area (Å²) >= 11 is 0. The standard InChI is InChI=1S/C22H18O/c23-22(20-13-14-20,19-10-2-1-3-11-19)16-15-18-9-6-8-17-7-4-5-12-21(17)18/h1-12,20,23H,13-14H2. The summed E-state index contributed by atoms with van der Waals surface area (Å²) in [6, 6.07) is 24.2. The maximum atomic E-state index is 11.2. The van der Waals surface area contributed by atoms with Crippen molar-refractivity contribution in [3.8, 4) is 11.8 Å². The third-order valence-electron chi connectivity index (χ3n) is 4.56. The lowest BCUT2D eigenvalue weighted by Crippen LogP contribution is -2.26. The highest BCUT2D eigenvalue weighted by atomic mass is 16.3. The first kappa shape index (κ1) is 14.1. The largest absolute Gasteiger partial charge is 0.373 e. The molecule has 1 aliphatic rings. The van der Waals surface area contributed by atoms with Crippen LogP contribution >= 0.6 is 0 Å². The minimum Gasteiger partial charge on any atom is -0.373 e. The summed E-state index contributed by atoms with van der Waals surface area (Å²) in [6.45, 7) is 0. The van der Waals surface area contributed by atoms with Crippen molar-refractivity contribution >= 4 is 10.8 Å². The maximum Gasteiger partial charge on any atom is 0.154 e. The Balaban J connectivity index is 1.80. The third kappa shape index (κ3) is 2.63. The van der Waals surface area contributed by atoms with E-state index in [1.165, 1.54) is 5.39 Å². The number of rotatable bonds is 2. The molecule has 0 aromatic heterocycles. The molecule has 1 aliphatic carbocycles. The Labute approximate surface area is 136 Å². The van der Waals surface area contributed by atoms with Crippen LogP contribution in [0.15, 0.2) is 72.8 Å². The van der Waals surface area contributed by atoms with Crippen LogP contribution < -0.4 is 0 Å². The highest BCUT2D eigenvalue weighted by Gasteiger charge is 2.44. The molecule has 0 amide bonds. The lowest BCUT2D eigenvalue weighted by atomic mass is 9.89. The van der Waals surface area contributed by atoms with Crippen LogP contribution in [0.2, 0.25) is 0 Å². The molecule has 112 valence electrons. The number of benzene rings is 3. The summed E-state index contributed by atoms with van der Waals surface area (Å²) in [4.78, 5) is 0. The van der Waals surface area contributed by atoms with E-state index in [0.29, 0.717) is 0 Å². The molecule has 1 heteroatoms. The fraction of sp³-hybridized carbons (Fsp3) is 0.182. The van der Waals surface area contributed by atoms with E-state index in [-0.39, 0.29) is 5.92 Å². The Hall–Kier alpha value is -2.56. The summed E-state index contributed by atoms with van der Waals surface area (Å²) in [6.07, 6.45) is 2.07. The molecule has 0 aliphatic heterocycles. The average Bonchev–Trinajstić information content (AvgIpc) is 3.46. The highest BCUT2D eigenvalue weighted by Crippen LogP contribution is 2.45. The molecule has 4 rings (SSSR count). The van der Waals surface area contributed by atoms with Crippen LogP contribution in [-0.4, -0.2) is 5.11 Å². The molecular formula is C22H18O. The van der Waals surface area contributed by atoms with E-state index in [1.807, 2.05) is 54.6 Å². The second-order valence-corrected chi connectivity index (χ2v) is 6.18. The van der Waals surface area contributed by atoms with Crippen molar-refractivity contribution in [2.45, 2.75) is 18.4 Å². The molecule has 1 saturated carbocycles. The smallest absolute Gasteiger partial charge is 0.154 e. The van der Waals surface area contributed by atoms with Crippen LogP contribution in [-0.2, 0) is 5.60 Å². The van der Waals surface area contributed by atoms with E-state index in [1.54, 1.807) is 0 Å². The average molecular weight is 298 g/mol. The van der Waals surface area contributed by atoms with Gasteiger partial charge in [0.05, 0.1) is 0 Å². The molecule has 3 aromatic carbocycles. The molecule has 0 saturated heterocycles. The zero-order valence-corrected chi connectivity index (χ0v) is 12.9. The van der Waals surface area contributed by atoms with Crippen LogP contribution in [0.25, 0.3) is 10.8 Å². The second-order valence-electron chi connectivity index (χ2n) is 6.18. The zero-order valence-electron chi connectivity index (χ0n) is 12.9. The van der Waals surface area contributed by atoms with E-state index in [4.69, 9.17) is 0 Å². The Bertz CT molecular complexity index is 892. The zero-order chi connectivity index (χ0) is 15.7. The topological polar surface area (TPSA) is 20.2 Å². The number of hydrogen-bond donors (Lipinski definition) is 1. The molecule has 0 radical (unpaired) electrons. The molecule has 1 unspecified atom stereocenters. The summed E-state index contributed by atoms with van der Waals surface area (Å²) in [5.74, 6) is 6.68. The van der Waals surface area contributed by atoms with Crippen LogP contribution in [0, 0.1) is 17.8 Å². The van der Waals surface area contributed by atoms with Crippen LogP contribution in [0.3, 0.4) is 0 Å². The normalized spacial score (nSPS) is 16.4. The quantitative estimate of drug-likeness (QED) is 0.691. The van der Waals surface area contributed by atoms with Gasteiger partial charge in [-0.15, -0.1) is 0 Å². The van der Waals surface area contributed by atoms with Gasteiger partial charge in [0.1, 0.15) is 0 Å². The fourth-order valence-electron chi connectivity index (χ4n) is 3.10. The molecule has 0 bridgehead atoms. The van der Waals surface area contributed by atoms with E-state index in [2.05, 4.69) is 30.0 Å². The lowest BCUT2D eigenvalue weighted by molar-refractivity contribution is 0.0757. The van der Waals surface area contributed by atoms with Gasteiger partial charge in [0.25, 0.3) is 0 Å². The minimum atomic E-state index is -1.04. The lowest BCUT2D eigenvalue weighted by Gasteiger charge is -2.22. The van der Waals surface area contributed by atoms with Crippen LogP contribution in [0.4, 0.5) is 0 Å². The van der Waals surface area contributed by atoms with Gasteiger partial charge >= 0.3 is 0 Å². The minimum absolute atomic E-state index is 0.243. The van der Waals surface area contributed by atoms with Gasteiger partial charge in [-0.1, -0.05) is 78.6 Å². The SMILES string of the molecule is OC(C#Cc1cccc2ccccc12)(c1ccccc1)C1CC1. The van der Waals surface area contributed by atoms with Crippen molar-refractivity contribution in [3.05, 3.63) is 83.9 Å². The van der Waals surface area contributed by atoms with E-state index in [0.717, 1.165) is 29.4 Å². The first-order valence-corrected chi connectivity index (χ1v) is 8.06. The van der Waals surface area contributed by atoms with Crippen molar-refractivity contribution in [1.29, 1.82) is 0 Å². The summed E-state index contributed by atoms with van der Waals surface area (Å²) in [5.41, 5.74) is 0.825. The van der Waals surface area contributed by atoms with Gasteiger partial charge in [-0.05, 0) is 35.2 Å². The molecule has 3 aromatic rings. The van der Waals surface area contributed by atoms with Gasteiger partial charge < -0.3 is 5.11 Å². The Morgan fingerprint density at radius 2 is 1.52 bits per heavy atom. The molecule has 1 N–H and O–H groups in total. The fourth-order valence-corrected chi connectivity index (χ4v) is 3.10. The van der Waals surface area contributed by atoms with E-state index in [9.17, 15) is 5.11 Å². The summed E-state index contributed by atoms with van der Waals surface area (Å²) < 4.78 is 0. The Morgan fingerprint density at radius 3 is 2.30 bits per heavy atom. The molecular weight excluding hydrogens is 280 g/mol. The first-order valence-electron chi connectivity index (χ1n) is 8.06. The van der Waals surface area contributed by atoms with Crippen LogP contribution in [0.1, 0.15) is 24.0 Å². The van der Waals surface area contributed by atoms with Gasteiger partial charge in [0.2, 0.25) is 0 Å². The van der Waals surface area contributed by atoms with E-state index >= 15 is 0 Å². The maximum absolute atomic E-state index is 11.2. The van der Waals surface area contributed by atoms with Gasteiger partial charge in [0.15, 0.2) is 5.60 Å². The van der Waals surface area contributed by atoms with Gasteiger partial charge in [-0.2, -0.15) is 0 Å². The van der Waals surface area contributed by atoms with Gasteiger partial charge in [-0.3, -0.25) is 0 Å². The number of aliphatic hydroxyl groups is 1. The van der Waals surface area contributed by atoms with Gasteiger partial charge in [-0.25, -0.2) is 0 Å². The molecule has 1 atom stereocenters. The van der Waals surface area contributed by atoms with Crippen molar-refractivity contribution < 1.29 is 5.11 Å².